The van der Waals surface area contributed by atoms with E-state index >= 15 is 0 Å². The average molecular weight is 346 g/mol. The van der Waals surface area contributed by atoms with Crippen LogP contribution in [0.4, 0.5) is 0 Å². The van der Waals surface area contributed by atoms with E-state index in [0.29, 0.717) is 12.8 Å². The molecule has 5 N–H and O–H groups in total. The molecule has 0 aromatic rings. The molecule has 0 aromatic carbocycles. The first kappa shape index (κ1) is 22.8. The molecule has 0 saturated heterocycles. The topological polar surface area (TPSA) is 125 Å². The zero-order chi connectivity index (χ0) is 19.2. The van der Waals surface area contributed by atoms with Crippen LogP contribution in [0.1, 0.15) is 67.2 Å². The van der Waals surface area contributed by atoms with Gasteiger partial charge in [-0.25, -0.2) is 0 Å². The molecular formula is C17H34N2O5. The van der Waals surface area contributed by atoms with Crippen molar-refractivity contribution in [3.05, 3.63) is 0 Å². The zero-order valence-electron chi connectivity index (χ0n) is 15.8. The van der Waals surface area contributed by atoms with Crippen molar-refractivity contribution in [3.8, 4) is 0 Å². The molecule has 0 amide bonds. The Bertz CT molecular complexity index is 426. The summed E-state index contributed by atoms with van der Waals surface area (Å²) in [6.07, 6.45) is 1.13. The number of aliphatic hydroxyl groups excluding tert-OH is 1. The maximum Gasteiger partial charge on any atom is 0.326 e. The summed E-state index contributed by atoms with van der Waals surface area (Å²) in [6, 6.07) is -0.777. The van der Waals surface area contributed by atoms with E-state index in [9.17, 15) is 14.7 Å². The van der Waals surface area contributed by atoms with Crippen LogP contribution in [-0.4, -0.2) is 46.4 Å². The smallest absolute Gasteiger partial charge is 0.326 e. The fourth-order valence-corrected chi connectivity index (χ4v) is 2.04. The van der Waals surface area contributed by atoms with Gasteiger partial charge in [-0.2, -0.15) is 0 Å². The van der Waals surface area contributed by atoms with Gasteiger partial charge >= 0.3 is 11.9 Å². The molecule has 0 heterocycles. The number of hydrogen-bond acceptors (Lipinski definition) is 7. The molecule has 0 aromatic heterocycles. The largest absolute Gasteiger partial charge is 0.459 e. The van der Waals surface area contributed by atoms with E-state index in [2.05, 4.69) is 0 Å². The number of carbonyl (C=O) groups is 2. The van der Waals surface area contributed by atoms with Crippen molar-refractivity contribution in [2.24, 2.45) is 11.5 Å². The van der Waals surface area contributed by atoms with E-state index in [1.165, 1.54) is 0 Å². The molecule has 2 atom stereocenters. The van der Waals surface area contributed by atoms with Gasteiger partial charge in [0.1, 0.15) is 22.8 Å². The summed E-state index contributed by atoms with van der Waals surface area (Å²) >= 11 is 0. The molecule has 24 heavy (non-hydrogen) atoms. The number of esters is 2. The third kappa shape index (κ3) is 9.20. The highest BCUT2D eigenvalue weighted by Crippen LogP contribution is 2.22. The average Bonchev–Trinajstić information content (AvgIpc) is 2.34. The lowest BCUT2D eigenvalue weighted by molar-refractivity contribution is -0.162. The number of nitrogens with two attached hydrogens (primary N) is 2. The van der Waals surface area contributed by atoms with Crippen LogP contribution >= 0.6 is 0 Å². The Labute approximate surface area is 145 Å². The van der Waals surface area contributed by atoms with Gasteiger partial charge in [0, 0.05) is 6.61 Å². The fourth-order valence-electron chi connectivity index (χ4n) is 2.04. The Morgan fingerprint density at radius 1 is 1.00 bits per heavy atom. The molecule has 7 nitrogen and oxygen atoms in total. The summed E-state index contributed by atoms with van der Waals surface area (Å²) < 4.78 is 10.5. The summed E-state index contributed by atoms with van der Waals surface area (Å²) in [6.45, 7) is 10.3. The lowest BCUT2D eigenvalue weighted by atomic mass is 9.89. The van der Waals surface area contributed by atoms with Gasteiger partial charge in [-0.15, -0.1) is 0 Å². The molecule has 2 unspecified atom stereocenters. The first-order valence-corrected chi connectivity index (χ1v) is 8.32. The number of rotatable bonds is 8. The van der Waals surface area contributed by atoms with Crippen molar-refractivity contribution in [1.29, 1.82) is 0 Å². The monoisotopic (exact) mass is 346 g/mol. The van der Waals surface area contributed by atoms with Crippen molar-refractivity contribution in [1.82, 2.24) is 0 Å². The predicted octanol–water partition coefficient (Wildman–Crippen LogP) is 1.25. The molecule has 142 valence electrons. The SMILES string of the molecule is CC(C)(C)OC(=O)C(N)CCCC(N)(CCO)C(=O)OC(C)(C)C. The third-order valence-electron chi connectivity index (χ3n) is 3.21. The zero-order valence-corrected chi connectivity index (χ0v) is 15.8. The predicted molar refractivity (Wildman–Crippen MR) is 92.1 cm³/mol. The van der Waals surface area contributed by atoms with Crippen LogP contribution in [0, 0.1) is 0 Å². The summed E-state index contributed by atoms with van der Waals surface area (Å²) in [7, 11) is 0. The highest BCUT2D eigenvalue weighted by Gasteiger charge is 2.37. The molecule has 0 fully saturated rings. The molecule has 0 radical (unpaired) electrons. The van der Waals surface area contributed by atoms with Gasteiger partial charge in [-0.1, -0.05) is 0 Å². The quantitative estimate of drug-likeness (QED) is 0.565. The van der Waals surface area contributed by atoms with Gasteiger partial charge in [-0.05, 0) is 67.2 Å². The second-order valence-electron chi connectivity index (χ2n) is 8.16. The summed E-state index contributed by atoms with van der Waals surface area (Å²) in [4.78, 5) is 24.1. The van der Waals surface area contributed by atoms with E-state index in [1.807, 2.05) is 0 Å². The molecule has 0 aliphatic carbocycles. The summed E-state index contributed by atoms with van der Waals surface area (Å²) in [5, 5.41) is 9.19. The molecule has 0 rings (SSSR count). The van der Waals surface area contributed by atoms with Crippen LogP contribution in [-0.2, 0) is 19.1 Å². The van der Waals surface area contributed by atoms with Crippen molar-refractivity contribution < 1.29 is 24.2 Å². The third-order valence-corrected chi connectivity index (χ3v) is 3.21. The summed E-state index contributed by atoms with van der Waals surface area (Å²) in [5.74, 6) is -1.04. The molecular weight excluding hydrogens is 312 g/mol. The maximum atomic E-state index is 12.3. The Morgan fingerprint density at radius 3 is 1.92 bits per heavy atom. The van der Waals surface area contributed by atoms with E-state index in [0.717, 1.165) is 0 Å². The van der Waals surface area contributed by atoms with Crippen LogP contribution in [0.2, 0.25) is 0 Å². The molecule has 0 aliphatic rings. The van der Waals surface area contributed by atoms with Crippen LogP contribution < -0.4 is 11.5 Å². The Balaban J connectivity index is 4.64. The molecule has 0 bridgehead atoms. The lowest BCUT2D eigenvalue weighted by Gasteiger charge is -2.31. The minimum atomic E-state index is -1.30. The number of aliphatic hydroxyl groups is 1. The first-order valence-electron chi connectivity index (χ1n) is 8.32. The van der Waals surface area contributed by atoms with Gasteiger partial charge in [0.15, 0.2) is 0 Å². The highest BCUT2D eigenvalue weighted by atomic mass is 16.6. The van der Waals surface area contributed by atoms with E-state index in [4.69, 9.17) is 20.9 Å². The normalized spacial score (nSPS) is 16.2. The van der Waals surface area contributed by atoms with Gasteiger partial charge in [0.25, 0.3) is 0 Å². The Hall–Kier alpha value is -1.18. The molecule has 0 spiro atoms. The second-order valence-corrected chi connectivity index (χ2v) is 8.16. The Morgan fingerprint density at radius 2 is 1.50 bits per heavy atom. The van der Waals surface area contributed by atoms with Gasteiger partial charge in [0.05, 0.1) is 0 Å². The van der Waals surface area contributed by atoms with Crippen LogP contribution in [0.25, 0.3) is 0 Å². The minimum absolute atomic E-state index is 0.0869. The summed E-state index contributed by atoms with van der Waals surface area (Å²) in [5.41, 5.74) is 9.40. The van der Waals surface area contributed by atoms with Crippen molar-refractivity contribution >= 4 is 11.9 Å². The van der Waals surface area contributed by atoms with Crippen LogP contribution in [0.15, 0.2) is 0 Å². The van der Waals surface area contributed by atoms with E-state index < -0.39 is 34.7 Å². The fraction of sp³-hybridized carbons (Fsp3) is 0.882. The Kier molecular flexibility index (Phi) is 8.35. The van der Waals surface area contributed by atoms with Crippen molar-refractivity contribution in [2.45, 2.75) is 90.0 Å². The lowest BCUT2D eigenvalue weighted by Crippen LogP contribution is -2.52. The number of ether oxygens (including phenoxy) is 2. The minimum Gasteiger partial charge on any atom is -0.459 e. The molecule has 7 heteroatoms. The van der Waals surface area contributed by atoms with Crippen LogP contribution in [0.5, 0.6) is 0 Å². The van der Waals surface area contributed by atoms with Gasteiger partial charge in [-0.3, -0.25) is 9.59 Å². The van der Waals surface area contributed by atoms with Crippen molar-refractivity contribution in [2.75, 3.05) is 6.61 Å². The number of hydrogen-bond donors (Lipinski definition) is 3. The maximum absolute atomic E-state index is 12.3. The number of carbonyl (C=O) groups excluding carboxylic acids is 2. The van der Waals surface area contributed by atoms with Gasteiger partial charge < -0.3 is 26.0 Å². The highest BCUT2D eigenvalue weighted by molar-refractivity contribution is 5.81. The van der Waals surface area contributed by atoms with E-state index in [1.54, 1.807) is 41.5 Å². The van der Waals surface area contributed by atoms with E-state index in [-0.39, 0.29) is 19.4 Å². The van der Waals surface area contributed by atoms with Gasteiger partial charge in [0.2, 0.25) is 0 Å². The second kappa shape index (κ2) is 8.78. The first-order chi connectivity index (χ1) is 10.7. The molecule has 0 aliphatic heterocycles. The van der Waals surface area contributed by atoms with Crippen molar-refractivity contribution in [3.63, 3.8) is 0 Å². The van der Waals surface area contributed by atoms with Crippen LogP contribution in [0.3, 0.4) is 0 Å². The molecule has 0 saturated carbocycles. The standard InChI is InChI=1S/C17H34N2O5/c1-15(2,3)23-13(21)12(18)8-7-9-17(19,10-11-20)14(22)24-16(4,5)6/h12,20H,7-11,18-19H2,1-6H3.